The number of piperazine rings is 1. The first-order valence-corrected chi connectivity index (χ1v) is 9.39. The molecule has 1 aliphatic rings. The largest absolute Gasteiger partial charge is 0.462 e. The lowest BCUT2D eigenvalue weighted by atomic mass is 9.97. The standard InChI is InChI=1S/C22H26N2O3/c1-3-27-22(26)20-7-5-4-6-19(20)21(25)18-10-8-17(9-11-18)16-24-14-12-23(2)13-15-24/h4-11H,3,12-16H2,1-2H3. The SMILES string of the molecule is CCOC(=O)c1ccccc1C(=O)c1ccc(CN2CCN(C)CC2)cc1. The summed E-state index contributed by atoms with van der Waals surface area (Å²) >= 11 is 0. The van der Waals surface area contributed by atoms with Gasteiger partial charge in [0, 0.05) is 43.9 Å². The molecule has 0 atom stereocenters. The minimum atomic E-state index is -0.465. The van der Waals surface area contributed by atoms with Crippen molar-refractivity contribution in [3.8, 4) is 0 Å². The quantitative estimate of drug-likeness (QED) is 0.581. The van der Waals surface area contributed by atoms with Crippen LogP contribution in [0.15, 0.2) is 48.5 Å². The lowest BCUT2D eigenvalue weighted by Crippen LogP contribution is -2.43. The summed E-state index contributed by atoms with van der Waals surface area (Å²) in [6.45, 7) is 7.21. The lowest BCUT2D eigenvalue weighted by molar-refractivity contribution is 0.0523. The fourth-order valence-electron chi connectivity index (χ4n) is 3.25. The van der Waals surface area contributed by atoms with Crippen LogP contribution in [0, 0.1) is 0 Å². The summed E-state index contributed by atoms with van der Waals surface area (Å²) in [7, 11) is 2.14. The lowest BCUT2D eigenvalue weighted by Gasteiger charge is -2.32. The molecule has 0 radical (unpaired) electrons. The number of benzene rings is 2. The van der Waals surface area contributed by atoms with Crippen LogP contribution in [-0.4, -0.2) is 61.4 Å². The zero-order chi connectivity index (χ0) is 19.2. The molecule has 0 saturated carbocycles. The van der Waals surface area contributed by atoms with Gasteiger partial charge in [0.25, 0.3) is 0 Å². The molecule has 2 aromatic rings. The van der Waals surface area contributed by atoms with Crippen molar-refractivity contribution in [3.63, 3.8) is 0 Å². The summed E-state index contributed by atoms with van der Waals surface area (Å²) in [4.78, 5) is 29.8. The van der Waals surface area contributed by atoms with Gasteiger partial charge in [-0.1, -0.05) is 42.5 Å². The molecule has 0 bridgehead atoms. The summed E-state index contributed by atoms with van der Waals surface area (Å²) in [5.41, 5.74) is 2.46. The summed E-state index contributed by atoms with van der Waals surface area (Å²) in [5, 5.41) is 0. The smallest absolute Gasteiger partial charge is 0.338 e. The third kappa shape index (κ3) is 4.81. The Hall–Kier alpha value is -2.50. The van der Waals surface area contributed by atoms with Gasteiger partial charge in [0.2, 0.25) is 0 Å². The Bertz CT molecular complexity index is 793. The minimum absolute atomic E-state index is 0.162. The molecule has 1 saturated heterocycles. The number of nitrogens with zero attached hydrogens (tertiary/aromatic N) is 2. The van der Waals surface area contributed by atoms with Crippen LogP contribution in [0.2, 0.25) is 0 Å². The molecule has 1 aliphatic heterocycles. The normalized spacial score (nSPS) is 15.5. The van der Waals surface area contributed by atoms with E-state index in [1.54, 1.807) is 31.2 Å². The van der Waals surface area contributed by atoms with Crippen molar-refractivity contribution in [2.45, 2.75) is 13.5 Å². The van der Waals surface area contributed by atoms with Gasteiger partial charge in [0.1, 0.15) is 0 Å². The highest BCUT2D eigenvalue weighted by atomic mass is 16.5. The maximum absolute atomic E-state index is 12.9. The number of rotatable bonds is 6. The van der Waals surface area contributed by atoms with E-state index in [9.17, 15) is 9.59 Å². The number of ether oxygens (including phenoxy) is 1. The van der Waals surface area contributed by atoms with Crippen molar-refractivity contribution >= 4 is 11.8 Å². The van der Waals surface area contributed by atoms with Gasteiger partial charge < -0.3 is 9.64 Å². The van der Waals surface area contributed by atoms with Gasteiger partial charge in [-0.05, 0) is 25.6 Å². The summed E-state index contributed by atoms with van der Waals surface area (Å²) in [6, 6.07) is 14.5. The molecular formula is C22H26N2O3. The van der Waals surface area contributed by atoms with Crippen molar-refractivity contribution < 1.29 is 14.3 Å². The number of carbonyl (C=O) groups is 2. The van der Waals surface area contributed by atoms with Crippen molar-refractivity contribution in [3.05, 3.63) is 70.8 Å². The molecule has 1 heterocycles. The molecule has 2 aromatic carbocycles. The summed E-state index contributed by atoms with van der Waals surface area (Å²) in [5.74, 6) is -0.627. The molecule has 1 fully saturated rings. The Kier molecular flexibility index (Phi) is 6.37. The second-order valence-electron chi connectivity index (χ2n) is 6.87. The first kappa shape index (κ1) is 19.3. The van der Waals surface area contributed by atoms with Gasteiger partial charge in [-0.2, -0.15) is 0 Å². The molecular weight excluding hydrogens is 340 g/mol. The van der Waals surface area contributed by atoms with Crippen LogP contribution in [0.5, 0.6) is 0 Å². The maximum atomic E-state index is 12.9. The van der Waals surface area contributed by atoms with Gasteiger partial charge in [-0.3, -0.25) is 9.69 Å². The predicted octanol–water partition coefficient (Wildman–Crippen LogP) is 2.84. The molecule has 27 heavy (non-hydrogen) atoms. The third-order valence-corrected chi connectivity index (χ3v) is 4.89. The Balaban J connectivity index is 1.72. The molecule has 5 nitrogen and oxygen atoms in total. The minimum Gasteiger partial charge on any atom is -0.462 e. The Morgan fingerprint density at radius 3 is 2.19 bits per heavy atom. The molecule has 142 valence electrons. The number of carbonyl (C=O) groups excluding carboxylic acids is 2. The summed E-state index contributed by atoms with van der Waals surface area (Å²) in [6.07, 6.45) is 0. The van der Waals surface area contributed by atoms with E-state index in [1.807, 2.05) is 24.3 Å². The zero-order valence-corrected chi connectivity index (χ0v) is 16.0. The summed E-state index contributed by atoms with van der Waals surface area (Å²) < 4.78 is 5.07. The van der Waals surface area contributed by atoms with E-state index in [2.05, 4.69) is 16.8 Å². The van der Waals surface area contributed by atoms with Gasteiger partial charge in [0.05, 0.1) is 12.2 Å². The Labute approximate surface area is 160 Å². The van der Waals surface area contributed by atoms with Crippen molar-refractivity contribution in [1.29, 1.82) is 0 Å². The fraction of sp³-hybridized carbons (Fsp3) is 0.364. The maximum Gasteiger partial charge on any atom is 0.338 e. The first-order chi connectivity index (χ1) is 13.1. The van der Waals surface area contributed by atoms with E-state index in [1.165, 1.54) is 5.56 Å². The Morgan fingerprint density at radius 1 is 0.926 bits per heavy atom. The van der Waals surface area contributed by atoms with Crippen LogP contribution in [0.1, 0.15) is 38.8 Å². The second kappa shape index (κ2) is 8.93. The van der Waals surface area contributed by atoms with E-state index in [-0.39, 0.29) is 12.4 Å². The van der Waals surface area contributed by atoms with Gasteiger partial charge in [-0.25, -0.2) is 4.79 Å². The number of hydrogen-bond acceptors (Lipinski definition) is 5. The van der Waals surface area contributed by atoms with E-state index < -0.39 is 5.97 Å². The third-order valence-electron chi connectivity index (χ3n) is 4.89. The van der Waals surface area contributed by atoms with Crippen molar-refractivity contribution in [2.24, 2.45) is 0 Å². The molecule has 0 N–H and O–H groups in total. The number of likely N-dealkylation sites (N-methyl/N-ethyl adjacent to an activating group) is 1. The van der Waals surface area contributed by atoms with Crippen LogP contribution in [0.25, 0.3) is 0 Å². The Morgan fingerprint density at radius 2 is 1.56 bits per heavy atom. The van der Waals surface area contributed by atoms with Crippen LogP contribution < -0.4 is 0 Å². The number of ketones is 1. The molecule has 0 aromatic heterocycles. The molecule has 3 rings (SSSR count). The topological polar surface area (TPSA) is 49.9 Å². The van der Waals surface area contributed by atoms with Crippen LogP contribution >= 0.6 is 0 Å². The van der Waals surface area contributed by atoms with Gasteiger partial charge in [-0.15, -0.1) is 0 Å². The monoisotopic (exact) mass is 366 g/mol. The van der Waals surface area contributed by atoms with E-state index in [4.69, 9.17) is 4.74 Å². The molecule has 0 amide bonds. The van der Waals surface area contributed by atoms with Crippen LogP contribution in [0.3, 0.4) is 0 Å². The molecule has 5 heteroatoms. The van der Waals surface area contributed by atoms with E-state index in [0.29, 0.717) is 16.7 Å². The van der Waals surface area contributed by atoms with Gasteiger partial charge in [0.15, 0.2) is 5.78 Å². The number of esters is 1. The first-order valence-electron chi connectivity index (χ1n) is 9.39. The average molecular weight is 366 g/mol. The van der Waals surface area contributed by atoms with Crippen LogP contribution in [-0.2, 0) is 11.3 Å². The fourth-order valence-corrected chi connectivity index (χ4v) is 3.25. The van der Waals surface area contributed by atoms with Gasteiger partial charge >= 0.3 is 5.97 Å². The molecule has 0 aliphatic carbocycles. The average Bonchev–Trinajstić information content (AvgIpc) is 2.70. The highest BCUT2D eigenvalue weighted by Gasteiger charge is 2.19. The second-order valence-corrected chi connectivity index (χ2v) is 6.87. The molecule has 0 unspecified atom stereocenters. The zero-order valence-electron chi connectivity index (χ0n) is 16.0. The molecule has 0 spiro atoms. The van der Waals surface area contributed by atoms with Crippen LogP contribution in [0.4, 0.5) is 0 Å². The van der Waals surface area contributed by atoms with E-state index in [0.717, 1.165) is 32.7 Å². The highest BCUT2D eigenvalue weighted by Crippen LogP contribution is 2.17. The predicted molar refractivity (Wildman–Crippen MR) is 105 cm³/mol. The highest BCUT2D eigenvalue weighted by molar-refractivity contribution is 6.14. The van der Waals surface area contributed by atoms with E-state index >= 15 is 0 Å². The van der Waals surface area contributed by atoms with Crippen molar-refractivity contribution in [1.82, 2.24) is 9.80 Å². The number of hydrogen-bond donors (Lipinski definition) is 0. The van der Waals surface area contributed by atoms with Crippen molar-refractivity contribution in [2.75, 3.05) is 39.8 Å².